The molecule has 1 N–H and O–H groups in total. The Labute approximate surface area is 175 Å². The molecule has 0 saturated carbocycles. The highest BCUT2D eigenvalue weighted by Gasteiger charge is 2.14. The van der Waals surface area contributed by atoms with E-state index in [1.165, 1.54) is 13.2 Å². The molecule has 0 unspecified atom stereocenters. The Morgan fingerprint density at radius 1 is 0.833 bits per heavy atom. The van der Waals surface area contributed by atoms with Crippen LogP contribution in [0.2, 0.25) is 0 Å². The molecular weight excluding hydrogens is 386 g/mol. The third kappa shape index (κ3) is 6.27. The van der Waals surface area contributed by atoms with E-state index in [1.807, 2.05) is 19.9 Å². The second-order valence-corrected chi connectivity index (χ2v) is 6.95. The van der Waals surface area contributed by atoms with Gasteiger partial charge in [-0.1, -0.05) is 18.2 Å². The minimum absolute atomic E-state index is 0.00321. The molecule has 0 aliphatic rings. The highest BCUT2D eigenvalue weighted by Crippen LogP contribution is 2.18. The van der Waals surface area contributed by atoms with Crippen molar-refractivity contribution < 1.29 is 28.7 Å². The number of Topliss-reactive ketones (excluding diaryl/α,β-unsaturated/α-hetero) is 1. The van der Waals surface area contributed by atoms with Gasteiger partial charge in [0.2, 0.25) is 0 Å². The monoisotopic (exact) mass is 411 g/mol. The fraction of sp³-hybridized carbons (Fsp3) is 0.304. The van der Waals surface area contributed by atoms with Crippen molar-refractivity contribution in [1.29, 1.82) is 0 Å². The number of aryl methyl sites for hydroxylation is 3. The van der Waals surface area contributed by atoms with Crippen LogP contribution in [0.1, 0.15) is 50.2 Å². The number of amides is 1. The van der Waals surface area contributed by atoms with Gasteiger partial charge in [0.25, 0.3) is 5.91 Å². The lowest BCUT2D eigenvalue weighted by molar-refractivity contribution is -0.147. The number of esters is 2. The summed E-state index contributed by atoms with van der Waals surface area (Å²) in [5, 5.41) is 2.60. The second kappa shape index (κ2) is 10.3. The minimum atomic E-state index is -0.637. The quantitative estimate of drug-likeness (QED) is 0.527. The summed E-state index contributed by atoms with van der Waals surface area (Å²) in [6, 6.07) is 10.1. The van der Waals surface area contributed by atoms with Crippen LogP contribution in [0.3, 0.4) is 0 Å². The Hall–Kier alpha value is -3.48. The van der Waals surface area contributed by atoms with Gasteiger partial charge in [0, 0.05) is 17.7 Å². The normalized spacial score (nSPS) is 10.3. The average molecular weight is 411 g/mol. The summed E-state index contributed by atoms with van der Waals surface area (Å²) >= 11 is 0. The molecule has 1 amide bonds. The van der Waals surface area contributed by atoms with Crippen LogP contribution in [0, 0.1) is 20.8 Å². The molecule has 0 fully saturated rings. The number of rotatable bonds is 8. The number of hydrogen-bond acceptors (Lipinski definition) is 6. The molecule has 0 radical (unpaired) electrons. The average Bonchev–Trinajstić information content (AvgIpc) is 2.73. The van der Waals surface area contributed by atoms with Crippen molar-refractivity contribution >= 4 is 29.3 Å². The molecule has 0 aliphatic heterocycles. The zero-order valence-corrected chi connectivity index (χ0v) is 17.5. The topological polar surface area (TPSA) is 98.8 Å². The van der Waals surface area contributed by atoms with Gasteiger partial charge < -0.3 is 14.8 Å². The van der Waals surface area contributed by atoms with Crippen LogP contribution < -0.4 is 5.32 Å². The molecule has 0 saturated heterocycles. The molecule has 0 heterocycles. The van der Waals surface area contributed by atoms with E-state index < -0.39 is 24.5 Å². The summed E-state index contributed by atoms with van der Waals surface area (Å²) in [4.78, 5) is 47.8. The van der Waals surface area contributed by atoms with Gasteiger partial charge in [0.15, 0.2) is 12.4 Å². The SMILES string of the molecule is COC(=O)c1ccc(C)c(NC(=O)COC(=O)CCC(=O)c2ccc(C)c(C)c2)c1. The Balaban J connectivity index is 1.83. The molecule has 2 aromatic carbocycles. The number of carbonyl (C=O) groups excluding carboxylic acids is 4. The molecule has 7 heteroatoms. The van der Waals surface area contributed by atoms with Gasteiger partial charge in [0.05, 0.1) is 19.1 Å². The second-order valence-electron chi connectivity index (χ2n) is 6.95. The number of carbonyl (C=O) groups is 4. The van der Waals surface area contributed by atoms with E-state index in [0.29, 0.717) is 16.8 Å². The summed E-state index contributed by atoms with van der Waals surface area (Å²) in [5.41, 5.74) is 4.09. The van der Waals surface area contributed by atoms with E-state index in [1.54, 1.807) is 31.2 Å². The number of benzene rings is 2. The summed E-state index contributed by atoms with van der Waals surface area (Å²) in [6.45, 7) is 5.15. The first-order valence-corrected chi connectivity index (χ1v) is 9.46. The van der Waals surface area contributed by atoms with E-state index in [-0.39, 0.29) is 18.6 Å². The van der Waals surface area contributed by atoms with E-state index in [2.05, 4.69) is 10.1 Å². The van der Waals surface area contributed by atoms with Crippen LogP contribution >= 0.6 is 0 Å². The number of hydrogen-bond donors (Lipinski definition) is 1. The maximum Gasteiger partial charge on any atom is 0.337 e. The maximum atomic E-state index is 12.2. The molecule has 0 spiro atoms. The lowest BCUT2D eigenvalue weighted by Gasteiger charge is -2.10. The van der Waals surface area contributed by atoms with Gasteiger partial charge in [-0.3, -0.25) is 14.4 Å². The smallest absolute Gasteiger partial charge is 0.337 e. The highest BCUT2D eigenvalue weighted by atomic mass is 16.5. The molecule has 0 bridgehead atoms. The van der Waals surface area contributed by atoms with Gasteiger partial charge >= 0.3 is 11.9 Å². The van der Waals surface area contributed by atoms with Crippen molar-refractivity contribution in [3.05, 3.63) is 64.2 Å². The molecule has 30 heavy (non-hydrogen) atoms. The van der Waals surface area contributed by atoms with Gasteiger partial charge in [-0.2, -0.15) is 0 Å². The van der Waals surface area contributed by atoms with E-state index in [9.17, 15) is 19.2 Å². The molecule has 2 aromatic rings. The number of nitrogens with one attached hydrogen (secondary N) is 1. The van der Waals surface area contributed by atoms with Gasteiger partial charge in [0.1, 0.15) is 0 Å². The van der Waals surface area contributed by atoms with Crippen LogP contribution in [-0.4, -0.2) is 37.3 Å². The lowest BCUT2D eigenvalue weighted by Crippen LogP contribution is -2.21. The number of ketones is 1. The van der Waals surface area contributed by atoms with Crippen LogP contribution in [0.25, 0.3) is 0 Å². The Bertz CT molecular complexity index is 980. The van der Waals surface area contributed by atoms with Crippen molar-refractivity contribution in [3.63, 3.8) is 0 Å². The Morgan fingerprint density at radius 3 is 2.17 bits per heavy atom. The standard InChI is InChI=1S/C23H25NO6/c1-14-5-7-17(11-16(14)3)20(25)9-10-22(27)30-13-21(26)24-19-12-18(23(28)29-4)8-6-15(19)2/h5-8,11-12H,9-10,13H2,1-4H3,(H,24,26). The third-order valence-electron chi connectivity index (χ3n) is 4.68. The largest absolute Gasteiger partial charge is 0.465 e. The molecule has 158 valence electrons. The minimum Gasteiger partial charge on any atom is -0.465 e. The maximum absolute atomic E-state index is 12.2. The van der Waals surface area contributed by atoms with E-state index >= 15 is 0 Å². The fourth-order valence-corrected chi connectivity index (χ4v) is 2.68. The molecule has 0 atom stereocenters. The van der Waals surface area contributed by atoms with Crippen LogP contribution in [0.4, 0.5) is 5.69 Å². The van der Waals surface area contributed by atoms with Crippen molar-refractivity contribution in [2.24, 2.45) is 0 Å². The molecule has 2 rings (SSSR count). The third-order valence-corrected chi connectivity index (χ3v) is 4.68. The Kier molecular flexibility index (Phi) is 7.86. The van der Waals surface area contributed by atoms with E-state index in [0.717, 1.165) is 16.7 Å². The van der Waals surface area contributed by atoms with Crippen LogP contribution in [0.5, 0.6) is 0 Å². The van der Waals surface area contributed by atoms with Gasteiger partial charge in [-0.15, -0.1) is 0 Å². The van der Waals surface area contributed by atoms with Crippen LogP contribution in [0.15, 0.2) is 36.4 Å². The van der Waals surface area contributed by atoms with Crippen molar-refractivity contribution in [3.8, 4) is 0 Å². The molecule has 0 aromatic heterocycles. The van der Waals surface area contributed by atoms with Crippen molar-refractivity contribution in [2.45, 2.75) is 33.6 Å². The number of ether oxygens (including phenoxy) is 2. The first-order chi connectivity index (χ1) is 14.2. The number of methoxy groups -OCH3 is 1. The van der Waals surface area contributed by atoms with Gasteiger partial charge in [-0.05, 0) is 55.7 Å². The molecule has 0 aliphatic carbocycles. The van der Waals surface area contributed by atoms with E-state index in [4.69, 9.17) is 4.74 Å². The molecular formula is C23H25NO6. The summed E-state index contributed by atoms with van der Waals surface area (Å²) in [5.74, 6) is -1.86. The summed E-state index contributed by atoms with van der Waals surface area (Å²) in [7, 11) is 1.27. The zero-order chi connectivity index (χ0) is 22.3. The first-order valence-electron chi connectivity index (χ1n) is 9.46. The van der Waals surface area contributed by atoms with Crippen molar-refractivity contribution in [1.82, 2.24) is 0 Å². The van der Waals surface area contributed by atoms with Crippen molar-refractivity contribution in [2.75, 3.05) is 19.0 Å². The Morgan fingerprint density at radius 2 is 1.50 bits per heavy atom. The predicted octanol–water partition coefficient (Wildman–Crippen LogP) is 3.54. The zero-order valence-electron chi connectivity index (χ0n) is 17.5. The molecule has 7 nitrogen and oxygen atoms in total. The predicted molar refractivity (Wildman–Crippen MR) is 112 cm³/mol. The fourth-order valence-electron chi connectivity index (χ4n) is 2.68. The number of anilines is 1. The summed E-state index contributed by atoms with van der Waals surface area (Å²) < 4.78 is 9.61. The summed E-state index contributed by atoms with van der Waals surface area (Å²) in [6.07, 6.45) is -0.112. The first kappa shape index (κ1) is 22.8. The van der Waals surface area contributed by atoms with Crippen LogP contribution in [-0.2, 0) is 19.1 Å². The van der Waals surface area contributed by atoms with Gasteiger partial charge in [-0.25, -0.2) is 4.79 Å². The lowest BCUT2D eigenvalue weighted by atomic mass is 10.0. The highest BCUT2D eigenvalue weighted by molar-refractivity contribution is 5.98.